The molecule has 1 atom stereocenters. The molecule has 140 valence electrons. The van der Waals surface area contributed by atoms with E-state index in [9.17, 15) is 9.18 Å². The third-order valence-corrected chi connectivity index (χ3v) is 5.11. The topological polar surface area (TPSA) is 63.4 Å². The lowest BCUT2D eigenvalue weighted by Crippen LogP contribution is -2.39. The molecule has 0 radical (unpaired) electrons. The number of carbonyl (C=O) groups excluding carboxylic acids is 1. The van der Waals surface area contributed by atoms with Crippen molar-refractivity contribution in [2.45, 2.75) is 45.1 Å². The van der Waals surface area contributed by atoms with Gasteiger partial charge in [0.05, 0.1) is 11.7 Å². The number of halogens is 1. The van der Waals surface area contributed by atoms with Gasteiger partial charge in [0.1, 0.15) is 17.8 Å². The monoisotopic (exact) mass is 367 g/mol. The first-order chi connectivity index (χ1) is 13.0. The first-order valence-electron chi connectivity index (χ1n) is 9.31. The Balaban J connectivity index is 1.71. The van der Waals surface area contributed by atoms with E-state index in [-0.39, 0.29) is 23.7 Å². The number of amides is 1. The summed E-state index contributed by atoms with van der Waals surface area (Å²) in [6, 6.07) is 8.17. The van der Waals surface area contributed by atoms with E-state index >= 15 is 0 Å². The second kappa shape index (κ2) is 7.06. The van der Waals surface area contributed by atoms with Crippen molar-refractivity contribution in [2.75, 3.05) is 6.54 Å². The van der Waals surface area contributed by atoms with Gasteiger partial charge in [-0.2, -0.15) is 10.1 Å². The molecule has 3 heterocycles. The molecule has 0 N–H and O–H groups in total. The Morgan fingerprint density at radius 2 is 2.00 bits per heavy atom. The number of piperidine rings is 1. The lowest BCUT2D eigenvalue weighted by molar-refractivity contribution is 0.0605. The van der Waals surface area contributed by atoms with Crippen LogP contribution in [0.3, 0.4) is 0 Å². The molecular weight excluding hydrogens is 345 g/mol. The Kier molecular flexibility index (Phi) is 4.59. The van der Waals surface area contributed by atoms with Crippen molar-refractivity contribution in [1.29, 1.82) is 0 Å². The van der Waals surface area contributed by atoms with Gasteiger partial charge in [-0.3, -0.25) is 4.79 Å². The largest absolute Gasteiger partial charge is 0.330 e. The maximum atomic E-state index is 13.3. The zero-order chi connectivity index (χ0) is 19.0. The summed E-state index contributed by atoms with van der Waals surface area (Å²) in [5, 5.41) is 4.21. The van der Waals surface area contributed by atoms with Gasteiger partial charge in [-0.25, -0.2) is 13.9 Å². The molecule has 0 unspecified atom stereocenters. The van der Waals surface area contributed by atoms with Crippen LogP contribution in [-0.4, -0.2) is 36.9 Å². The third kappa shape index (κ3) is 3.29. The molecule has 1 saturated heterocycles. The smallest absolute Gasteiger partial charge is 0.273 e. The highest BCUT2D eigenvalue weighted by Gasteiger charge is 2.30. The molecule has 1 fully saturated rings. The van der Waals surface area contributed by atoms with E-state index in [0.29, 0.717) is 18.0 Å². The van der Waals surface area contributed by atoms with Crippen LogP contribution in [0.15, 0.2) is 36.7 Å². The first-order valence-corrected chi connectivity index (χ1v) is 9.31. The zero-order valence-electron chi connectivity index (χ0n) is 15.5. The number of benzene rings is 1. The van der Waals surface area contributed by atoms with E-state index in [2.05, 4.69) is 15.1 Å². The minimum absolute atomic E-state index is 0.0646. The van der Waals surface area contributed by atoms with E-state index < -0.39 is 0 Å². The lowest BCUT2D eigenvalue weighted by atomic mass is 9.94. The fraction of sp³-hybridized carbons (Fsp3) is 0.400. The number of rotatable bonds is 3. The van der Waals surface area contributed by atoms with Gasteiger partial charge in [-0.1, -0.05) is 26.0 Å². The standard InChI is InChI=1S/C20H22FN5O/c1-13(2)18-11-16(24-20-22-12-23-26(18)20)19(27)25-10-4-3-5-17(25)14-6-8-15(21)9-7-14/h6-9,11-13,17H,3-5,10H2,1-2H3/t17-/m0/s1. The summed E-state index contributed by atoms with van der Waals surface area (Å²) in [5.74, 6) is 0.224. The summed E-state index contributed by atoms with van der Waals surface area (Å²) < 4.78 is 15.0. The minimum Gasteiger partial charge on any atom is -0.330 e. The summed E-state index contributed by atoms with van der Waals surface area (Å²) in [5.41, 5.74) is 2.24. The normalized spacial score (nSPS) is 17.6. The van der Waals surface area contributed by atoms with Crippen molar-refractivity contribution in [2.24, 2.45) is 0 Å². The minimum atomic E-state index is -0.270. The Hall–Kier alpha value is -2.83. The second-order valence-corrected chi connectivity index (χ2v) is 7.25. The third-order valence-electron chi connectivity index (χ3n) is 5.11. The quantitative estimate of drug-likeness (QED) is 0.707. The molecule has 0 bridgehead atoms. The van der Waals surface area contributed by atoms with E-state index in [0.717, 1.165) is 30.5 Å². The van der Waals surface area contributed by atoms with Crippen LogP contribution in [0.25, 0.3) is 5.78 Å². The molecule has 1 amide bonds. The summed E-state index contributed by atoms with van der Waals surface area (Å²) in [7, 11) is 0. The number of hydrogen-bond acceptors (Lipinski definition) is 4. The van der Waals surface area contributed by atoms with Gasteiger partial charge in [0, 0.05) is 6.54 Å². The second-order valence-electron chi connectivity index (χ2n) is 7.25. The maximum Gasteiger partial charge on any atom is 0.273 e. The Bertz CT molecular complexity index is 966. The average molecular weight is 367 g/mol. The fourth-order valence-corrected chi connectivity index (χ4v) is 3.71. The molecule has 0 spiro atoms. The molecule has 3 aromatic rings. The van der Waals surface area contributed by atoms with Crippen molar-refractivity contribution in [1.82, 2.24) is 24.5 Å². The van der Waals surface area contributed by atoms with Crippen molar-refractivity contribution in [3.05, 3.63) is 59.4 Å². The number of likely N-dealkylation sites (tertiary alicyclic amines) is 1. The highest BCUT2D eigenvalue weighted by Crippen LogP contribution is 2.32. The van der Waals surface area contributed by atoms with E-state index in [1.54, 1.807) is 16.6 Å². The molecular formula is C20H22FN5O. The van der Waals surface area contributed by atoms with Gasteiger partial charge in [0.2, 0.25) is 0 Å². The van der Waals surface area contributed by atoms with Gasteiger partial charge in [-0.15, -0.1) is 0 Å². The summed E-state index contributed by atoms with van der Waals surface area (Å²) in [4.78, 5) is 23.8. The van der Waals surface area contributed by atoms with Crippen LogP contribution in [0.1, 0.15) is 66.8 Å². The van der Waals surface area contributed by atoms with E-state index in [4.69, 9.17) is 0 Å². The summed E-state index contributed by atoms with van der Waals surface area (Å²) in [6.07, 6.45) is 4.31. The average Bonchev–Trinajstić information content (AvgIpc) is 3.15. The van der Waals surface area contributed by atoms with Crippen molar-refractivity contribution >= 4 is 11.7 Å². The molecule has 1 aromatic carbocycles. The van der Waals surface area contributed by atoms with Gasteiger partial charge < -0.3 is 4.90 Å². The SMILES string of the molecule is CC(C)c1cc(C(=O)N2CCCC[C@H]2c2ccc(F)cc2)nc2ncnn12. The van der Waals surface area contributed by atoms with Crippen molar-refractivity contribution in [3.63, 3.8) is 0 Å². The number of hydrogen-bond donors (Lipinski definition) is 0. The summed E-state index contributed by atoms with van der Waals surface area (Å²) >= 11 is 0. The fourth-order valence-electron chi connectivity index (χ4n) is 3.71. The predicted octanol–water partition coefficient (Wildman–Crippen LogP) is 3.75. The van der Waals surface area contributed by atoms with Crippen LogP contribution in [-0.2, 0) is 0 Å². The van der Waals surface area contributed by atoms with Crippen molar-refractivity contribution < 1.29 is 9.18 Å². The lowest BCUT2D eigenvalue weighted by Gasteiger charge is -2.36. The van der Waals surface area contributed by atoms with Gasteiger partial charge in [0.15, 0.2) is 0 Å². The van der Waals surface area contributed by atoms with Gasteiger partial charge in [0.25, 0.3) is 11.7 Å². The van der Waals surface area contributed by atoms with Crippen LogP contribution in [0, 0.1) is 5.82 Å². The van der Waals surface area contributed by atoms with Crippen molar-refractivity contribution in [3.8, 4) is 0 Å². The molecule has 27 heavy (non-hydrogen) atoms. The van der Waals surface area contributed by atoms with E-state index in [1.807, 2.05) is 24.8 Å². The molecule has 1 aliphatic rings. The molecule has 2 aromatic heterocycles. The molecule has 4 rings (SSSR count). The number of fused-ring (bicyclic) bond motifs is 1. The Morgan fingerprint density at radius 1 is 1.22 bits per heavy atom. The number of nitrogens with zero attached hydrogens (tertiary/aromatic N) is 5. The first kappa shape index (κ1) is 17.6. The van der Waals surface area contributed by atoms with Gasteiger partial charge >= 0.3 is 0 Å². The predicted molar refractivity (Wildman–Crippen MR) is 98.9 cm³/mol. The Morgan fingerprint density at radius 3 is 2.74 bits per heavy atom. The maximum absolute atomic E-state index is 13.3. The zero-order valence-corrected chi connectivity index (χ0v) is 15.5. The van der Waals surface area contributed by atoms with Crippen LogP contribution in [0.4, 0.5) is 4.39 Å². The molecule has 0 saturated carbocycles. The molecule has 0 aliphatic carbocycles. The van der Waals surface area contributed by atoms with Crippen LogP contribution >= 0.6 is 0 Å². The molecule has 1 aliphatic heterocycles. The van der Waals surface area contributed by atoms with E-state index in [1.165, 1.54) is 18.5 Å². The highest BCUT2D eigenvalue weighted by molar-refractivity contribution is 5.93. The Labute approximate surface area is 157 Å². The van der Waals surface area contributed by atoms with Crippen LogP contribution in [0.5, 0.6) is 0 Å². The number of carbonyl (C=O) groups is 1. The molecule has 6 nitrogen and oxygen atoms in total. The van der Waals surface area contributed by atoms with Gasteiger partial charge in [-0.05, 0) is 48.9 Å². The van der Waals surface area contributed by atoms with Crippen LogP contribution < -0.4 is 0 Å². The summed E-state index contributed by atoms with van der Waals surface area (Å²) in [6.45, 7) is 4.76. The number of aromatic nitrogens is 4. The highest BCUT2D eigenvalue weighted by atomic mass is 19.1. The van der Waals surface area contributed by atoms with Crippen LogP contribution in [0.2, 0.25) is 0 Å². The molecule has 7 heteroatoms.